The molecule has 1 aromatic carbocycles. The summed E-state index contributed by atoms with van der Waals surface area (Å²) in [5.41, 5.74) is 2.19. The van der Waals surface area contributed by atoms with Crippen LogP contribution < -0.4 is 16.6 Å². The van der Waals surface area contributed by atoms with E-state index in [2.05, 4.69) is 5.32 Å². The number of aromatic hydroxyl groups is 2. The summed E-state index contributed by atoms with van der Waals surface area (Å²) in [5, 5.41) is 20.3. The normalized spacial score (nSPS) is 8.64. The first-order valence-electron chi connectivity index (χ1n) is 3.43. The van der Waals surface area contributed by atoms with Crippen LogP contribution in [-0.4, -0.2) is 16.2 Å². The minimum atomic E-state index is -0.606. The maximum Gasteiger partial charge on any atom is 0.333 e. The summed E-state index contributed by atoms with van der Waals surface area (Å²) in [5.74, 6) is 4.25. The Labute approximate surface area is 86.1 Å². The summed E-state index contributed by atoms with van der Waals surface area (Å²) in [4.78, 5) is 10.7. The molecule has 6 nitrogen and oxygen atoms in total. The molecule has 2 amide bonds. The second-order valence-corrected chi connectivity index (χ2v) is 2.30. The van der Waals surface area contributed by atoms with Gasteiger partial charge in [-0.25, -0.2) is 10.6 Å². The van der Waals surface area contributed by atoms with E-state index in [1.54, 1.807) is 0 Å². The van der Waals surface area contributed by atoms with Gasteiger partial charge in [-0.3, -0.25) is 5.43 Å². The van der Waals surface area contributed by atoms with Crippen molar-refractivity contribution in [2.75, 3.05) is 5.32 Å². The predicted molar refractivity (Wildman–Crippen MR) is 53.4 cm³/mol. The molecule has 0 radical (unpaired) electrons. The third-order valence-corrected chi connectivity index (χ3v) is 1.36. The van der Waals surface area contributed by atoms with Gasteiger partial charge in [0.05, 0.1) is 0 Å². The van der Waals surface area contributed by atoms with Crippen LogP contribution >= 0.6 is 12.4 Å². The molecule has 1 aromatic rings. The summed E-state index contributed by atoms with van der Waals surface area (Å²) in [6.45, 7) is 0. The van der Waals surface area contributed by atoms with Crippen LogP contribution in [0.15, 0.2) is 18.2 Å². The van der Waals surface area contributed by atoms with Crippen LogP contribution in [0.3, 0.4) is 0 Å². The Kier molecular flexibility index (Phi) is 4.54. The second-order valence-electron chi connectivity index (χ2n) is 2.30. The molecule has 0 saturated carbocycles. The van der Waals surface area contributed by atoms with Crippen LogP contribution in [0.5, 0.6) is 11.5 Å². The number of phenolic OH excluding ortho intramolecular Hbond substituents is 2. The van der Waals surface area contributed by atoms with E-state index in [9.17, 15) is 4.79 Å². The lowest BCUT2D eigenvalue weighted by molar-refractivity contribution is 0.252. The zero-order chi connectivity index (χ0) is 9.84. The summed E-state index contributed by atoms with van der Waals surface area (Å²) < 4.78 is 0. The van der Waals surface area contributed by atoms with Crippen LogP contribution in [0.2, 0.25) is 0 Å². The molecule has 0 atom stereocenters. The molecule has 0 aliphatic carbocycles. The molecule has 0 bridgehead atoms. The fourth-order valence-electron chi connectivity index (χ4n) is 0.768. The first kappa shape index (κ1) is 12.3. The van der Waals surface area contributed by atoms with Gasteiger partial charge in [0.2, 0.25) is 0 Å². The average Bonchev–Trinajstić information content (AvgIpc) is 2.11. The number of rotatable bonds is 1. The Balaban J connectivity index is 0.00000169. The molecule has 0 unspecified atom stereocenters. The molecule has 6 N–H and O–H groups in total. The third kappa shape index (κ3) is 3.00. The molecule has 0 heterocycles. The van der Waals surface area contributed by atoms with Crippen LogP contribution in [0.1, 0.15) is 0 Å². The number of phenols is 2. The largest absolute Gasteiger partial charge is 0.504 e. The van der Waals surface area contributed by atoms with Crippen molar-refractivity contribution in [3.05, 3.63) is 18.2 Å². The second kappa shape index (κ2) is 5.15. The summed E-state index contributed by atoms with van der Waals surface area (Å²) >= 11 is 0. The van der Waals surface area contributed by atoms with Gasteiger partial charge in [0.15, 0.2) is 11.5 Å². The van der Waals surface area contributed by atoms with Gasteiger partial charge in [-0.15, -0.1) is 12.4 Å². The zero-order valence-electron chi connectivity index (χ0n) is 7.02. The predicted octanol–water partition coefficient (Wildman–Crippen LogP) is 0.515. The van der Waals surface area contributed by atoms with E-state index in [-0.39, 0.29) is 23.9 Å². The lowest BCUT2D eigenvalue weighted by Gasteiger charge is -2.04. The van der Waals surface area contributed by atoms with E-state index >= 15 is 0 Å². The lowest BCUT2D eigenvalue weighted by atomic mass is 10.3. The SMILES string of the molecule is Cl.NNC(=O)Nc1ccc(O)c(O)c1. The number of amides is 2. The lowest BCUT2D eigenvalue weighted by Crippen LogP contribution is -2.34. The van der Waals surface area contributed by atoms with E-state index in [0.717, 1.165) is 0 Å². The Bertz CT molecular complexity index is 332. The maximum absolute atomic E-state index is 10.7. The van der Waals surface area contributed by atoms with Gasteiger partial charge in [-0.2, -0.15) is 0 Å². The van der Waals surface area contributed by atoms with Crippen molar-refractivity contribution < 1.29 is 15.0 Å². The Morgan fingerprint density at radius 3 is 2.43 bits per heavy atom. The van der Waals surface area contributed by atoms with Crippen LogP contribution in [0, 0.1) is 0 Å². The number of nitrogens with two attached hydrogens (primary N) is 1. The van der Waals surface area contributed by atoms with Crippen LogP contribution in [0.4, 0.5) is 10.5 Å². The number of hydrazine groups is 1. The fourth-order valence-corrected chi connectivity index (χ4v) is 0.768. The molecule has 0 saturated heterocycles. The molecule has 0 fully saturated rings. The van der Waals surface area contributed by atoms with Crippen molar-refractivity contribution in [1.29, 1.82) is 0 Å². The Hall–Kier alpha value is -1.66. The minimum absolute atomic E-state index is 0. The molecular formula is C7H10ClN3O3. The number of anilines is 1. The zero-order valence-corrected chi connectivity index (χ0v) is 7.84. The topological polar surface area (TPSA) is 108 Å². The van der Waals surface area contributed by atoms with Gasteiger partial charge < -0.3 is 15.5 Å². The number of benzene rings is 1. The minimum Gasteiger partial charge on any atom is -0.504 e. The summed E-state index contributed by atoms with van der Waals surface area (Å²) in [6.07, 6.45) is 0. The Morgan fingerprint density at radius 1 is 1.29 bits per heavy atom. The van der Waals surface area contributed by atoms with Gasteiger partial charge in [0, 0.05) is 11.8 Å². The first-order valence-corrected chi connectivity index (χ1v) is 3.43. The molecule has 0 aliphatic heterocycles. The maximum atomic E-state index is 10.7. The number of urea groups is 1. The molecule has 14 heavy (non-hydrogen) atoms. The summed E-state index contributed by atoms with van der Waals surface area (Å²) in [6, 6.07) is 3.26. The van der Waals surface area contributed by atoms with Crippen molar-refractivity contribution >= 4 is 24.1 Å². The standard InChI is InChI=1S/C7H9N3O3.ClH/c8-10-7(13)9-4-1-2-5(11)6(12)3-4;/h1-3,11-12H,8H2,(H2,9,10,13);1H. The van der Waals surface area contributed by atoms with Crippen molar-refractivity contribution in [2.45, 2.75) is 0 Å². The molecule has 7 heteroatoms. The molecule has 0 aromatic heterocycles. The highest BCUT2D eigenvalue weighted by Crippen LogP contribution is 2.27. The van der Waals surface area contributed by atoms with Crippen LogP contribution in [-0.2, 0) is 0 Å². The number of carbonyl (C=O) groups is 1. The number of hydrogen-bond donors (Lipinski definition) is 5. The Morgan fingerprint density at radius 2 is 1.93 bits per heavy atom. The molecular weight excluding hydrogens is 210 g/mol. The summed E-state index contributed by atoms with van der Waals surface area (Å²) in [7, 11) is 0. The van der Waals surface area contributed by atoms with E-state index in [1.807, 2.05) is 5.43 Å². The van der Waals surface area contributed by atoms with Crippen molar-refractivity contribution in [2.24, 2.45) is 5.84 Å². The molecule has 0 spiro atoms. The quantitative estimate of drug-likeness (QED) is 0.156. The highest BCUT2D eigenvalue weighted by molar-refractivity contribution is 5.89. The fraction of sp³-hybridized carbons (Fsp3) is 0. The highest BCUT2D eigenvalue weighted by atomic mass is 35.5. The van der Waals surface area contributed by atoms with E-state index in [4.69, 9.17) is 16.1 Å². The number of carbonyl (C=O) groups excluding carboxylic acids is 1. The number of nitrogens with one attached hydrogen (secondary N) is 2. The van der Waals surface area contributed by atoms with Crippen molar-refractivity contribution in [3.63, 3.8) is 0 Å². The highest BCUT2D eigenvalue weighted by Gasteiger charge is 2.02. The molecule has 78 valence electrons. The van der Waals surface area contributed by atoms with Crippen molar-refractivity contribution in [1.82, 2.24) is 5.43 Å². The third-order valence-electron chi connectivity index (χ3n) is 1.36. The van der Waals surface area contributed by atoms with E-state index in [0.29, 0.717) is 5.69 Å². The monoisotopic (exact) mass is 219 g/mol. The first-order chi connectivity index (χ1) is 6.13. The van der Waals surface area contributed by atoms with Gasteiger partial charge in [0.1, 0.15) is 0 Å². The average molecular weight is 220 g/mol. The number of hydrogen-bond acceptors (Lipinski definition) is 4. The molecule has 0 aliphatic rings. The van der Waals surface area contributed by atoms with Gasteiger partial charge in [0.25, 0.3) is 0 Å². The number of halogens is 1. The van der Waals surface area contributed by atoms with E-state index in [1.165, 1.54) is 18.2 Å². The van der Waals surface area contributed by atoms with Gasteiger partial charge in [-0.05, 0) is 12.1 Å². The smallest absolute Gasteiger partial charge is 0.333 e. The van der Waals surface area contributed by atoms with Crippen molar-refractivity contribution in [3.8, 4) is 11.5 Å². The van der Waals surface area contributed by atoms with E-state index < -0.39 is 6.03 Å². The van der Waals surface area contributed by atoms with Gasteiger partial charge >= 0.3 is 6.03 Å². The van der Waals surface area contributed by atoms with Gasteiger partial charge in [-0.1, -0.05) is 0 Å². The van der Waals surface area contributed by atoms with Crippen LogP contribution in [0.25, 0.3) is 0 Å². The molecule has 1 rings (SSSR count).